The van der Waals surface area contributed by atoms with Crippen LogP contribution in [0.5, 0.6) is 0 Å². The number of hydrogen-bond donors (Lipinski definition) is 1. The molecule has 4 nitrogen and oxygen atoms in total. The van der Waals surface area contributed by atoms with Gasteiger partial charge in [0.25, 0.3) is 0 Å². The van der Waals surface area contributed by atoms with Crippen LogP contribution in [-0.2, 0) is 0 Å². The van der Waals surface area contributed by atoms with E-state index in [2.05, 4.69) is 4.98 Å². The summed E-state index contributed by atoms with van der Waals surface area (Å²) >= 11 is 0. The normalized spacial score (nSPS) is 10.7. The molecule has 0 aliphatic heterocycles. The van der Waals surface area contributed by atoms with Gasteiger partial charge in [-0.3, -0.25) is 0 Å². The number of aromatic carboxylic acids is 1. The molecule has 2 aromatic carbocycles. The summed E-state index contributed by atoms with van der Waals surface area (Å²) in [5.41, 5.74) is 0.792. The van der Waals surface area contributed by atoms with Crippen molar-refractivity contribution in [2.45, 2.75) is 0 Å². The van der Waals surface area contributed by atoms with Crippen LogP contribution >= 0.6 is 0 Å². The van der Waals surface area contributed by atoms with Crippen molar-refractivity contribution < 1.29 is 14.3 Å². The molecule has 0 saturated heterocycles. The molecule has 0 fully saturated rings. The van der Waals surface area contributed by atoms with Gasteiger partial charge in [0.2, 0.25) is 11.7 Å². The molecule has 1 heterocycles. The van der Waals surface area contributed by atoms with Gasteiger partial charge < -0.3 is 9.52 Å². The predicted octanol–water partition coefficient (Wildman–Crippen LogP) is 3.19. The first-order chi connectivity index (χ1) is 8.75. The zero-order valence-corrected chi connectivity index (χ0v) is 9.33. The van der Waals surface area contributed by atoms with Crippen molar-refractivity contribution in [2.24, 2.45) is 0 Å². The van der Waals surface area contributed by atoms with Gasteiger partial charge in [-0.2, -0.15) is 0 Å². The van der Waals surface area contributed by atoms with Crippen molar-refractivity contribution >= 4 is 16.7 Å². The number of carboxylic acids is 1. The Morgan fingerprint density at radius 2 is 1.89 bits per heavy atom. The van der Waals surface area contributed by atoms with E-state index in [9.17, 15) is 4.79 Å². The second kappa shape index (κ2) is 4.00. The Kier molecular flexibility index (Phi) is 2.34. The highest BCUT2D eigenvalue weighted by Gasteiger charge is 2.13. The Hall–Kier alpha value is -2.62. The molecule has 0 spiro atoms. The number of fused-ring (bicyclic) bond motifs is 1. The van der Waals surface area contributed by atoms with Crippen molar-refractivity contribution in [1.29, 1.82) is 0 Å². The molecule has 88 valence electrons. The van der Waals surface area contributed by atoms with E-state index in [0.29, 0.717) is 5.89 Å². The first-order valence-electron chi connectivity index (χ1n) is 5.43. The summed E-state index contributed by atoms with van der Waals surface area (Å²) in [6.45, 7) is 0. The van der Waals surface area contributed by atoms with E-state index in [1.807, 2.05) is 42.5 Å². The highest BCUT2D eigenvalue weighted by Crippen LogP contribution is 2.27. The monoisotopic (exact) mass is 239 g/mol. The number of oxazole rings is 1. The average molecular weight is 239 g/mol. The summed E-state index contributed by atoms with van der Waals surface area (Å²) in [5, 5.41) is 10.9. The lowest BCUT2D eigenvalue weighted by molar-refractivity contribution is 0.0663. The zero-order chi connectivity index (χ0) is 12.5. The summed E-state index contributed by atoms with van der Waals surface area (Å²) in [6, 6.07) is 13.6. The molecule has 18 heavy (non-hydrogen) atoms. The minimum atomic E-state index is -1.12. The van der Waals surface area contributed by atoms with Crippen molar-refractivity contribution in [3.8, 4) is 11.5 Å². The molecule has 3 aromatic rings. The van der Waals surface area contributed by atoms with Gasteiger partial charge in [0.1, 0.15) is 0 Å². The maximum Gasteiger partial charge on any atom is 0.373 e. The number of hydrogen-bond acceptors (Lipinski definition) is 3. The molecule has 0 atom stereocenters. The van der Waals surface area contributed by atoms with Gasteiger partial charge in [-0.15, -0.1) is 0 Å². The van der Waals surface area contributed by atoms with Crippen molar-refractivity contribution in [2.75, 3.05) is 0 Å². The van der Waals surface area contributed by atoms with Crippen LogP contribution in [0.15, 0.2) is 53.1 Å². The van der Waals surface area contributed by atoms with E-state index in [4.69, 9.17) is 9.52 Å². The highest BCUT2D eigenvalue weighted by atomic mass is 16.4. The third kappa shape index (κ3) is 1.64. The molecule has 0 aliphatic carbocycles. The predicted molar refractivity (Wildman–Crippen MR) is 66.4 cm³/mol. The number of benzene rings is 2. The van der Waals surface area contributed by atoms with E-state index in [1.54, 1.807) is 0 Å². The molecular formula is C14H9NO3. The van der Waals surface area contributed by atoms with E-state index < -0.39 is 5.97 Å². The lowest BCUT2D eigenvalue weighted by Gasteiger charge is -2.02. The van der Waals surface area contributed by atoms with Crippen molar-refractivity contribution in [1.82, 2.24) is 4.98 Å². The molecule has 4 heteroatoms. The Bertz CT molecular complexity index is 725. The Balaban J connectivity index is 2.21. The van der Waals surface area contributed by atoms with Crippen LogP contribution in [0.4, 0.5) is 0 Å². The summed E-state index contributed by atoms with van der Waals surface area (Å²) in [4.78, 5) is 14.8. The lowest BCUT2D eigenvalue weighted by atomic mass is 10.0. The molecule has 3 rings (SSSR count). The van der Waals surface area contributed by atoms with E-state index in [1.165, 1.54) is 6.20 Å². The first-order valence-corrected chi connectivity index (χ1v) is 5.43. The Morgan fingerprint density at radius 3 is 2.67 bits per heavy atom. The molecule has 0 aliphatic rings. The fraction of sp³-hybridized carbons (Fsp3) is 0. The number of carbonyl (C=O) groups is 1. The van der Waals surface area contributed by atoms with Crippen LogP contribution in [0, 0.1) is 0 Å². The molecule has 0 radical (unpaired) electrons. The first kappa shape index (κ1) is 10.5. The lowest BCUT2D eigenvalue weighted by Crippen LogP contribution is -1.91. The molecular weight excluding hydrogens is 230 g/mol. The summed E-state index contributed by atoms with van der Waals surface area (Å²) < 4.78 is 5.23. The van der Waals surface area contributed by atoms with Crippen LogP contribution in [0.25, 0.3) is 22.2 Å². The quantitative estimate of drug-likeness (QED) is 0.745. The molecule has 1 N–H and O–H groups in total. The molecule has 0 amide bonds. The highest BCUT2D eigenvalue weighted by molar-refractivity contribution is 5.95. The van der Waals surface area contributed by atoms with E-state index >= 15 is 0 Å². The van der Waals surface area contributed by atoms with Gasteiger partial charge in [0.05, 0.1) is 6.20 Å². The third-order valence-electron chi connectivity index (χ3n) is 2.74. The standard InChI is InChI=1S/C14H9NO3/c16-14(17)12-8-15-13(18-12)11-7-3-5-9-4-1-2-6-10(9)11/h1-8H,(H,16,17). The topological polar surface area (TPSA) is 63.3 Å². The van der Waals surface area contributed by atoms with Gasteiger partial charge >= 0.3 is 5.97 Å². The Labute approximate surface area is 103 Å². The van der Waals surface area contributed by atoms with Crippen molar-refractivity contribution in [3.63, 3.8) is 0 Å². The van der Waals surface area contributed by atoms with Crippen LogP contribution in [0.3, 0.4) is 0 Å². The fourth-order valence-electron chi connectivity index (χ4n) is 1.91. The van der Waals surface area contributed by atoms with Gasteiger partial charge in [0.15, 0.2) is 0 Å². The Morgan fingerprint density at radius 1 is 1.11 bits per heavy atom. The zero-order valence-electron chi connectivity index (χ0n) is 9.33. The van der Waals surface area contributed by atoms with Crippen molar-refractivity contribution in [3.05, 3.63) is 54.4 Å². The third-order valence-corrected chi connectivity index (χ3v) is 2.74. The molecule has 0 saturated carbocycles. The molecule has 0 unspecified atom stereocenters. The largest absolute Gasteiger partial charge is 0.475 e. The van der Waals surface area contributed by atoms with Gasteiger partial charge in [-0.05, 0) is 16.8 Å². The minimum absolute atomic E-state index is 0.155. The average Bonchev–Trinajstić information content (AvgIpc) is 2.87. The number of nitrogens with zero attached hydrogens (tertiary/aromatic N) is 1. The number of carboxylic acid groups (broad SMARTS) is 1. The molecule has 1 aromatic heterocycles. The summed E-state index contributed by atoms with van der Waals surface area (Å²) in [7, 11) is 0. The summed E-state index contributed by atoms with van der Waals surface area (Å²) in [6.07, 6.45) is 1.22. The molecule has 0 bridgehead atoms. The SMILES string of the molecule is O=C(O)c1cnc(-c2cccc3ccccc23)o1. The van der Waals surface area contributed by atoms with Crippen LogP contribution in [0.1, 0.15) is 10.6 Å². The van der Waals surface area contributed by atoms with Crippen LogP contribution < -0.4 is 0 Å². The summed E-state index contributed by atoms with van der Waals surface area (Å²) in [5.74, 6) is -0.948. The number of rotatable bonds is 2. The second-order valence-corrected chi connectivity index (χ2v) is 3.86. The smallest absolute Gasteiger partial charge is 0.373 e. The second-order valence-electron chi connectivity index (χ2n) is 3.86. The van der Waals surface area contributed by atoms with Crippen LogP contribution in [-0.4, -0.2) is 16.1 Å². The fourth-order valence-corrected chi connectivity index (χ4v) is 1.91. The van der Waals surface area contributed by atoms with Crippen LogP contribution in [0.2, 0.25) is 0 Å². The maximum absolute atomic E-state index is 10.8. The maximum atomic E-state index is 10.8. The van der Waals surface area contributed by atoms with Gasteiger partial charge in [-0.1, -0.05) is 36.4 Å². The van der Waals surface area contributed by atoms with E-state index in [0.717, 1.165) is 16.3 Å². The minimum Gasteiger partial charge on any atom is -0.475 e. The van der Waals surface area contributed by atoms with E-state index in [-0.39, 0.29) is 5.76 Å². The van der Waals surface area contributed by atoms with Gasteiger partial charge in [-0.25, -0.2) is 9.78 Å². The number of aromatic nitrogens is 1. The van der Waals surface area contributed by atoms with Gasteiger partial charge in [0, 0.05) is 5.56 Å².